The first-order valence-electron chi connectivity index (χ1n) is 8.57. The molecule has 0 saturated heterocycles. The molecule has 138 valence electrons. The van der Waals surface area contributed by atoms with Crippen molar-refractivity contribution in [3.63, 3.8) is 0 Å². The lowest BCUT2D eigenvalue weighted by Crippen LogP contribution is -2.32. The van der Waals surface area contributed by atoms with E-state index < -0.39 is 5.97 Å². The van der Waals surface area contributed by atoms with Gasteiger partial charge in [-0.05, 0) is 56.0 Å². The predicted octanol–water partition coefficient (Wildman–Crippen LogP) is 3.41. The minimum absolute atomic E-state index is 0.163. The van der Waals surface area contributed by atoms with Gasteiger partial charge in [0.25, 0.3) is 5.91 Å². The zero-order valence-electron chi connectivity index (χ0n) is 15.7. The van der Waals surface area contributed by atoms with Crippen LogP contribution in [-0.4, -0.2) is 25.1 Å². The lowest BCUT2D eigenvalue weighted by Gasteiger charge is -2.16. The minimum Gasteiger partial charge on any atom is -0.482 e. The molecule has 0 aromatic heterocycles. The highest BCUT2D eigenvalue weighted by atomic mass is 16.6. The quantitative estimate of drug-likeness (QED) is 0.773. The molecule has 5 heteroatoms. The molecule has 0 aliphatic rings. The van der Waals surface area contributed by atoms with Gasteiger partial charge in [-0.15, -0.1) is 0 Å². The molecule has 1 atom stereocenters. The summed E-state index contributed by atoms with van der Waals surface area (Å²) in [6, 6.07) is 13.3. The summed E-state index contributed by atoms with van der Waals surface area (Å²) >= 11 is 0. The van der Waals surface area contributed by atoms with E-state index in [2.05, 4.69) is 5.32 Å². The number of benzene rings is 2. The topological polar surface area (TPSA) is 64.6 Å². The molecule has 2 aromatic rings. The van der Waals surface area contributed by atoms with Gasteiger partial charge in [0.15, 0.2) is 13.2 Å². The molecule has 0 aliphatic carbocycles. The minimum atomic E-state index is -0.581. The van der Waals surface area contributed by atoms with Crippen LogP contribution in [0.1, 0.15) is 35.2 Å². The zero-order valence-corrected chi connectivity index (χ0v) is 15.7. The van der Waals surface area contributed by atoms with E-state index in [9.17, 15) is 9.59 Å². The molecule has 1 amide bonds. The summed E-state index contributed by atoms with van der Waals surface area (Å²) in [6.07, 6.45) is 0. The van der Waals surface area contributed by atoms with Crippen molar-refractivity contribution in [2.75, 3.05) is 13.2 Å². The van der Waals surface area contributed by atoms with Crippen LogP contribution < -0.4 is 10.1 Å². The Labute approximate surface area is 154 Å². The Morgan fingerprint density at radius 3 is 2.38 bits per heavy atom. The molecule has 2 aromatic carbocycles. The first-order chi connectivity index (χ1) is 12.4. The van der Waals surface area contributed by atoms with Gasteiger partial charge >= 0.3 is 5.97 Å². The molecule has 0 saturated carbocycles. The SMILES string of the molecule is Cc1ccc(C(C)NC(=O)COC(=O)COc2ccccc2C)cc1C. The van der Waals surface area contributed by atoms with Crippen LogP contribution in [0, 0.1) is 20.8 Å². The third-order valence-electron chi connectivity index (χ3n) is 4.21. The summed E-state index contributed by atoms with van der Waals surface area (Å²) in [5, 5.41) is 2.82. The number of ether oxygens (including phenoxy) is 2. The second-order valence-electron chi connectivity index (χ2n) is 6.35. The zero-order chi connectivity index (χ0) is 19.1. The Bertz CT molecular complexity index is 785. The number of carbonyl (C=O) groups is 2. The molecule has 0 bridgehead atoms. The Kier molecular flexibility index (Phi) is 6.78. The maximum atomic E-state index is 12.0. The lowest BCUT2D eigenvalue weighted by molar-refractivity contribution is -0.150. The van der Waals surface area contributed by atoms with E-state index in [1.807, 2.05) is 64.1 Å². The van der Waals surface area contributed by atoms with Gasteiger partial charge in [-0.25, -0.2) is 4.79 Å². The molecule has 0 heterocycles. The average Bonchev–Trinajstić information content (AvgIpc) is 2.61. The van der Waals surface area contributed by atoms with Gasteiger partial charge in [0, 0.05) is 0 Å². The van der Waals surface area contributed by atoms with Crippen molar-refractivity contribution in [1.82, 2.24) is 5.32 Å². The molecule has 2 rings (SSSR count). The van der Waals surface area contributed by atoms with Crippen molar-refractivity contribution in [2.24, 2.45) is 0 Å². The summed E-state index contributed by atoms with van der Waals surface area (Å²) in [5.74, 6) is -0.306. The first kappa shape index (κ1) is 19.5. The normalized spacial score (nSPS) is 11.5. The van der Waals surface area contributed by atoms with Crippen molar-refractivity contribution in [2.45, 2.75) is 33.7 Å². The van der Waals surface area contributed by atoms with Crippen LogP contribution in [0.4, 0.5) is 0 Å². The maximum absolute atomic E-state index is 12.0. The number of amides is 1. The van der Waals surface area contributed by atoms with E-state index in [4.69, 9.17) is 9.47 Å². The van der Waals surface area contributed by atoms with E-state index in [-0.39, 0.29) is 25.2 Å². The Morgan fingerprint density at radius 2 is 1.69 bits per heavy atom. The molecule has 1 N–H and O–H groups in total. The number of hydrogen-bond donors (Lipinski definition) is 1. The lowest BCUT2D eigenvalue weighted by atomic mass is 10.0. The molecule has 26 heavy (non-hydrogen) atoms. The van der Waals surface area contributed by atoms with Crippen LogP contribution in [-0.2, 0) is 14.3 Å². The monoisotopic (exact) mass is 355 g/mol. The average molecular weight is 355 g/mol. The van der Waals surface area contributed by atoms with Gasteiger partial charge in [0.1, 0.15) is 5.75 Å². The Balaban J connectivity index is 1.76. The number of carbonyl (C=O) groups excluding carboxylic acids is 2. The summed E-state index contributed by atoms with van der Waals surface area (Å²) in [7, 11) is 0. The number of esters is 1. The van der Waals surface area contributed by atoms with Crippen molar-refractivity contribution >= 4 is 11.9 Å². The third kappa shape index (κ3) is 5.62. The Morgan fingerprint density at radius 1 is 0.962 bits per heavy atom. The highest BCUT2D eigenvalue weighted by Gasteiger charge is 2.13. The summed E-state index contributed by atoms with van der Waals surface area (Å²) in [4.78, 5) is 23.7. The van der Waals surface area contributed by atoms with Crippen molar-refractivity contribution < 1.29 is 19.1 Å². The van der Waals surface area contributed by atoms with E-state index in [0.717, 1.165) is 11.1 Å². The fraction of sp³-hybridized carbons (Fsp3) is 0.333. The molecule has 0 fully saturated rings. The molecule has 0 radical (unpaired) electrons. The summed E-state index contributed by atoms with van der Waals surface area (Å²) < 4.78 is 10.4. The van der Waals surface area contributed by atoms with Crippen LogP contribution in [0.5, 0.6) is 5.75 Å². The second-order valence-corrected chi connectivity index (χ2v) is 6.35. The van der Waals surface area contributed by atoms with Gasteiger partial charge in [-0.2, -0.15) is 0 Å². The molecular weight excluding hydrogens is 330 g/mol. The standard InChI is InChI=1S/C21H25NO4/c1-14-9-10-18(11-16(14)3)17(4)22-20(23)12-26-21(24)13-25-19-8-6-5-7-15(19)2/h5-11,17H,12-13H2,1-4H3,(H,22,23). The predicted molar refractivity (Wildman–Crippen MR) is 100 cm³/mol. The largest absolute Gasteiger partial charge is 0.482 e. The van der Waals surface area contributed by atoms with Gasteiger partial charge in [-0.1, -0.05) is 36.4 Å². The summed E-state index contributed by atoms with van der Waals surface area (Å²) in [6.45, 7) is 7.30. The molecular formula is C21H25NO4. The van der Waals surface area contributed by atoms with Crippen LogP contribution in [0.25, 0.3) is 0 Å². The van der Waals surface area contributed by atoms with E-state index >= 15 is 0 Å². The highest BCUT2D eigenvalue weighted by Crippen LogP contribution is 2.17. The second kappa shape index (κ2) is 9.04. The van der Waals surface area contributed by atoms with Gasteiger partial charge in [0.05, 0.1) is 6.04 Å². The number of hydrogen-bond acceptors (Lipinski definition) is 4. The van der Waals surface area contributed by atoms with Gasteiger partial charge in [-0.3, -0.25) is 4.79 Å². The summed E-state index contributed by atoms with van der Waals surface area (Å²) in [5.41, 5.74) is 4.31. The van der Waals surface area contributed by atoms with Crippen LogP contribution in [0.2, 0.25) is 0 Å². The van der Waals surface area contributed by atoms with Gasteiger partial charge < -0.3 is 14.8 Å². The number of para-hydroxylation sites is 1. The van der Waals surface area contributed by atoms with Crippen LogP contribution >= 0.6 is 0 Å². The first-order valence-corrected chi connectivity index (χ1v) is 8.57. The molecule has 0 aliphatic heterocycles. The van der Waals surface area contributed by atoms with E-state index in [0.29, 0.717) is 5.75 Å². The maximum Gasteiger partial charge on any atom is 0.344 e. The van der Waals surface area contributed by atoms with Crippen molar-refractivity contribution in [3.8, 4) is 5.75 Å². The highest BCUT2D eigenvalue weighted by molar-refractivity contribution is 5.81. The van der Waals surface area contributed by atoms with Crippen molar-refractivity contribution in [3.05, 3.63) is 64.7 Å². The van der Waals surface area contributed by atoms with E-state index in [1.165, 1.54) is 11.1 Å². The Hall–Kier alpha value is -2.82. The van der Waals surface area contributed by atoms with Crippen LogP contribution in [0.3, 0.4) is 0 Å². The number of rotatable bonds is 7. The number of aryl methyl sites for hydroxylation is 3. The smallest absolute Gasteiger partial charge is 0.344 e. The fourth-order valence-electron chi connectivity index (χ4n) is 2.44. The molecule has 1 unspecified atom stereocenters. The molecule has 0 spiro atoms. The number of nitrogens with one attached hydrogen (secondary N) is 1. The van der Waals surface area contributed by atoms with E-state index in [1.54, 1.807) is 6.07 Å². The van der Waals surface area contributed by atoms with Crippen molar-refractivity contribution in [1.29, 1.82) is 0 Å². The molecule has 5 nitrogen and oxygen atoms in total. The van der Waals surface area contributed by atoms with Gasteiger partial charge in [0.2, 0.25) is 0 Å². The van der Waals surface area contributed by atoms with Crippen LogP contribution in [0.15, 0.2) is 42.5 Å². The third-order valence-corrected chi connectivity index (χ3v) is 4.21. The fourth-order valence-corrected chi connectivity index (χ4v) is 2.44.